The number of hydrogen-bond acceptors (Lipinski definition) is 3. The summed E-state index contributed by atoms with van der Waals surface area (Å²) in [6.07, 6.45) is 4.46. The van der Waals surface area contributed by atoms with E-state index >= 15 is 0 Å². The van der Waals surface area contributed by atoms with E-state index in [2.05, 4.69) is 37.3 Å². The third-order valence-corrected chi connectivity index (χ3v) is 6.75. The molecular formula is C18H25NOS. The van der Waals surface area contributed by atoms with Gasteiger partial charge in [-0.15, -0.1) is 11.3 Å². The molecule has 21 heavy (non-hydrogen) atoms. The molecule has 2 aromatic rings. The monoisotopic (exact) mass is 303 g/mol. The zero-order chi connectivity index (χ0) is 15.1. The first-order valence-corrected chi connectivity index (χ1v) is 8.72. The third-order valence-electron chi connectivity index (χ3n) is 5.42. The van der Waals surface area contributed by atoms with Crippen molar-refractivity contribution in [1.82, 2.24) is 0 Å². The summed E-state index contributed by atoms with van der Waals surface area (Å²) in [6.45, 7) is 4.81. The van der Waals surface area contributed by atoms with Gasteiger partial charge in [0.1, 0.15) is 5.60 Å². The first-order chi connectivity index (χ1) is 9.98. The van der Waals surface area contributed by atoms with Crippen molar-refractivity contribution in [2.75, 3.05) is 6.54 Å². The minimum atomic E-state index is -0.847. The molecule has 3 atom stereocenters. The van der Waals surface area contributed by atoms with Crippen LogP contribution >= 0.6 is 11.3 Å². The van der Waals surface area contributed by atoms with Crippen LogP contribution in [0.3, 0.4) is 0 Å². The largest absolute Gasteiger partial charge is 0.384 e. The van der Waals surface area contributed by atoms with Crippen molar-refractivity contribution in [3.63, 3.8) is 0 Å². The molecule has 1 aromatic heterocycles. The third kappa shape index (κ3) is 2.41. The van der Waals surface area contributed by atoms with E-state index in [9.17, 15) is 5.11 Å². The highest BCUT2D eigenvalue weighted by Crippen LogP contribution is 2.52. The molecule has 0 radical (unpaired) electrons. The second kappa shape index (κ2) is 5.38. The quantitative estimate of drug-likeness (QED) is 0.889. The van der Waals surface area contributed by atoms with Gasteiger partial charge in [0.05, 0.1) is 0 Å². The van der Waals surface area contributed by atoms with Crippen molar-refractivity contribution in [3.05, 3.63) is 35.2 Å². The van der Waals surface area contributed by atoms with Crippen molar-refractivity contribution in [2.24, 2.45) is 17.1 Å². The van der Waals surface area contributed by atoms with Gasteiger partial charge >= 0.3 is 0 Å². The number of hydrogen-bond donors (Lipinski definition) is 2. The Morgan fingerprint density at radius 3 is 2.86 bits per heavy atom. The predicted molar refractivity (Wildman–Crippen MR) is 90.5 cm³/mol. The van der Waals surface area contributed by atoms with Crippen LogP contribution in [0.1, 0.15) is 44.4 Å². The van der Waals surface area contributed by atoms with E-state index in [4.69, 9.17) is 5.73 Å². The van der Waals surface area contributed by atoms with E-state index in [1.807, 2.05) is 6.92 Å². The minimum Gasteiger partial charge on any atom is -0.384 e. The Balaban J connectivity index is 2.04. The van der Waals surface area contributed by atoms with Crippen molar-refractivity contribution in [1.29, 1.82) is 0 Å². The first kappa shape index (κ1) is 15.0. The summed E-state index contributed by atoms with van der Waals surface area (Å²) in [7, 11) is 0. The summed E-state index contributed by atoms with van der Waals surface area (Å²) in [5.74, 6) is 0.642. The van der Waals surface area contributed by atoms with Gasteiger partial charge < -0.3 is 10.8 Å². The fourth-order valence-corrected chi connectivity index (χ4v) is 5.20. The van der Waals surface area contributed by atoms with E-state index < -0.39 is 5.60 Å². The summed E-state index contributed by atoms with van der Waals surface area (Å²) in [6, 6.07) is 10.5. The second-order valence-corrected chi connectivity index (χ2v) is 7.99. The molecule has 3 heteroatoms. The average molecular weight is 303 g/mol. The van der Waals surface area contributed by atoms with Gasteiger partial charge in [-0.3, -0.25) is 0 Å². The molecule has 3 rings (SSSR count). The molecule has 0 saturated heterocycles. The van der Waals surface area contributed by atoms with Crippen molar-refractivity contribution in [3.8, 4) is 0 Å². The lowest BCUT2D eigenvalue weighted by Crippen LogP contribution is -2.50. The van der Waals surface area contributed by atoms with Gasteiger partial charge in [0, 0.05) is 21.5 Å². The van der Waals surface area contributed by atoms with E-state index in [1.54, 1.807) is 11.3 Å². The lowest BCUT2D eigenvalue weighted by atomic mass is 9.61. The van der Waals surface area contributed by atoms with Crippen molar-refractivity contribution >= 4 is 21.4 Å². The molecule has 1 saturated carbocycles. The molecule has 1 aliphatic rings. The maximum absolute atomic E-state index is 11.4. The van der Waals surface area contributed by atoms with Crippen LogP contribution in [0.4, 0.5) is 0 Å². The van der Waals surface area contributed by atoms with Crippen LogP contribution in [0.25, 0.3) is 10.1 Å². The van der Waals surface area contributed by atoms with E-state index in [-0.39, 0.29) is 5.41 Å². The fraction of sp³-hybridized carbons (Fsp3) is 0.556. The number of fused-ring (bicyclic) bond motifs is 1. The SMILES string of the molecule is CC1CCCC(CN)(C(C)(O)c2cc3ccccc3s2)C1. The molecule has 0 bridgehead atoms. The molecule has 0 spiro atoms. The Morgan fingerprint density at radius 2 is 2.19 bits per heavy atom. The Hall–Kier alpha value is -0.900. The van der Waals surface area contributed by atoms with Crippen LogP contribution in [0.2, 0.25) is 0 Å². The summed E-state index contributed by atoms with van der Waals surface area (Å²) < 4.78 is 1.24. The lowest BCUT2D eigenvalue weighted by molar-refractivity contribution is -0.0979. The summed E-state index contributed by atoms with van der Waals surface area (Å²) >= 11 is 1.71. The van der Waals surface area contributed by atoms with Crippen molar-refractivity contribution in [2.45, 2.75) is 45.1 Å². The first-order valence-electron chi connectivity index (χ1n) is 7.90. The molecule has 1 fully saturated rings. The molecule has 1 heterocycles. The van der Waals surface area contributed by atoms with E-state index in [1.165, 1.54) is 22.9 Å². The molecule has 1 aromatic carbocycles. The van der Waals surface area contributed by atoms with Gasteiger partial charge in [-0.2, -0.15) is 0 Å². The number of thiophene rings is 1. The van der Waals surface area contributed by atoms with E-state index in [0.717, 1.165) is 17.7 Å². The van der Waals surface area contributed by atoms with E-state index in [0.29, 0.717) is 12.5 Å². The summed E-state index contributed by atoms with van der Waals surface area (Å²) in [4.78, 5) is 1.06. The zero-order valence-electron chi connectivity index (χ0n) is 12.9. The van der Waals surface area contributed by atoms with Crippen LogP contribution in [-0.2, 0) is 5.60 Å². The Labute approximate surface area is 131 Å². The van der Waals surface area contributed by atoms with Gasteiger partial charge in [0.25, 0.3) is 0 Å². The van der Waals surface area contributed by atoms with Gasteiger partial charge in [0.2, 0.25) is 0 Å². The standard InChI is InChI=1S/C18H25NOS/c1-13-6-5-9-18(11-13,12-19)17(2,20)16-10-14-7-3-4-8-15(14)21-16/h3-4,7-8,10,13,20H,5-6,9,11-12,19H2,1-2H3. The molecule has 3 unspecified atom stereocenters. The predicted octanol–water partition coefficient (Wildman–Crippen LogP) is 4.26. The van der Waals surface area contributed by atoms with Crippen LogP contribution < -0.4 is 5.73 Å². The summed E-state index contributed by atoms with van der Waals surface area (Å²) in [5, 5.41) is 12.6. The number of nitrogens with two attached hydrogens (primary N) is 1. The second-order valence-electron chi connectivity index (χ2n) is 6.91. The maximum Gasteiger partial charge on any atom is 0.103 e. The van der Waals surface area contributed by atoms with Gasteiger partial charge in [0.15, 0.2) is 0 Å². The molecule has 2 nitrogen and oxygen atoms in total. The minimum absolute atomic E-state index is 0.189. The van der Waals surface area contributed by atoms with Crippen LogP contribution in [0.15, 0.2) is 30.3 Å². The van der Waals surface area contributed by atoms with Crippen LogP contribution in [0, 0.1) is 11.3 Å². The topological polar surface area (TPSA) is 46.2 Å². The number of rotatable bonds is 3. The van der Waals surface area contributed by atoms with Gasteiger partial charge in [-0.1, -0.05) is 38.0 Å². The highest BCUT2D eigenvalue weighted by atomic mass is 32.1. The van der Waals surface area contributed by atoms with Crippen LogP contribution in [-0.4, -0.2) is 11.7 Å². The number of aliphatic hydroxyl groups is 1. The average Bonchev–Trinajstić information content (AvgIpc) is 2.91. The molecular weight excluding hydrogens is 278 g/mol. The Kier molecular flexibility index (Phi) is 3.85. The van der Waals surface area contributed by atoms with Gasteiger partial charge in [-0.05, 0) is 43.2 Å². The smallest absolute Gasteiger partial charge is 0.103 e. The fourth-order valence-electron chi connectivity index (χ4n) is 3.97. The molecule has 0 amide bonds. The lowest BCUT2D eigenvalue weighted by Gasteiger charge is -2.48. The van der Waals surface area contributed by atoms with Crippen molar-refractivity contribution < 1.29 is 5.11 Å². The number of benzene rings is 1. The Morgan fingerprint density at radius 1 is 1.43 bits per heavy atom. The summed E-state index contributed by atoms with van der Waals surface area (Å²) in [5.41, 5.74) is 5.13. The molecule has 1 aliphatic carbocycles. The molecule has 3 N–H and O–H groups in total. The highest BCUT2D eigenvalue weighted by Gasteiger charge is 2.49. The Bertz CT molecular complexity index is 600. The molecule has 114 valence electrons. The highest BCUT2D eigenvalue weighted by molar-refractivity contribution is 7.19. The molecule has 0 aliphatic heterocycles. The maximum atomic E-state index is 11.4. The normalized spacial score (nSPS) is 29.4. The van der Waals surface area contributed by atoms with Crippen LogP contribution in [0.5, 0.6) is 0 Å². The zero-order valence-corrected chi connectivity index (χ0v) is 13.7. The van der Waals surface area contributed by atoms with Gasteiger partial charge in [-0.25, -0.2) is 0 Å².